The molecule has 9 heteroatoms. The Bertz CT molecular complexity index is 1090. The highest BCUT2D eigenvalue weighted by Gasteiger charge is 2.12. The highest BCUT2D eigenvalue weighted by atomic mass is 35.5. The van der Waals surface area contributed by atoms with Crippen LogP contribution < -0.4 is 20.1 Å². The van der Waals surface area contributed by atoms with E-state index in [4.69, 9.17) is 33.3 Å². The van der Waals surface area contributed by atoms with Crippen molar-refractivity contribution < 1.29 is 13.9 Å². The van der Waals surface area contributed by atoms with Gasteiger partial charge < -0.3 is 20.1 Å². The van der Waals surface area contributed by atoms with Gasteiger partial charge in [0.15, 0.2) is 22.4 Å². The zero-order chi connectivity index (χ0) is 23.8. The summed E-state index contributed by atoms with van der Waals surface area (Å²) in [6.07, 6.45) is 0.757. The summed E-state index contributed by atoms with van der Waals surface area (Å²) in [7, 11) is 0. The van der Waals surface area contributed by atoms with E-state index < -0.39 is 0 Å². The lowest BCUT2D eigenvalue weighted by Crippen LogP contribution is -2.30. The van der Waals surface area contributed by atoms with Crippen LogP contribution in [0.1, 0.15) is 30.7 Å². The molecule has 2 N–H and O–H groups in total. The Hall–Kier alpha value is -2.84. The molecular formula is C24H28ClFN4O2S. The molecule has 0 aliphatic heterocycles. The summed E-state index contributed by atoms with van der Waals surface area (Å²) in [6, 6.07) is 12.4. The summed E-state index contributed by atoms with van der Waals surface area (Å²) in [5.74, 6) is 1.72. The van der Waals surface area contributed by atoms with Crippen LogP contribution in [0.15, 0.2) is 42.5 Å². The van der Waals surface area contributed by atoms with Crippen molar-refractivity contribution in [3.05, 3.63) is 70.1 Å². The summed E-state index contributed by atoms with van der Waals surface area (Å²) in [4.78, 5) is 0. The topological polar surface area (TPSA) is 60.3 Å². The van der Waals surface area contributed by atoms with E-state index >= 15 is 0 Å². The number of thiocarbonyl (C=S) groups is 1. The molecule has 3 aromatic rings. The zero-order valence-corrected chi connectivity index (χ0v) is 20.5. The Labute approximate surface area is 204 Å². The van der Waals surface area contributed by atoms with E-state index in [9.17, 15) is 4.39 Å². The minimum Gasteiger partial charge on any atom is -0.490 e. The van der Waals surface area contributed by atoms with Gasteiger partial charge in [0.2, 0.25) is 0 Å². The minimum atomic E-state index is -0.356. The number of benzene rings is 2. The molecule has 0 fully saturated rings. The van der Waals surface area contributed by atoms with Gasteiger partial charge in [-0.15, -0.1) is 0 Å². The molecule has 33 heavy (non-hydrogen) atoms. The normalized spacial score (nSPS) is 10.7. The number of aryl methyl sites for hydroxylation is 1. The molecule has 3 rings (SSSR count). The van der Waals surface area contributed by atoms with E-state index in [1.54, 1.807) is 16.8 Å². The number of anilines is 1. The van der Waals surface area contributed by atoms with Crippen LogP contribution in [0.3, 0.4) is 0 Å². The fourth-order valence-corrected chi connectivity index (χ4v) is 3.73. The molecule has 176 valence electrons. The first kappa shape index (κ1) is 24.8. The number of rotatable bonds is 10. The predicted molar refractivity (Wildman–Crippen MR) is 134 cm³/mol. The molecule has 6 nitrogen and oxygen atoms in total. The van der Waals surface area contributed by atoms with Crippen LogP contribution in [-0.4, -0.2) is 34.7 Å². The summed E-state index contributed by atoms with van der Waals surface area (Å²) in [6.45, 7) is 7.82. The predicted octanol–water partition coefficient (Wildman–Crippen LogP) is 5.36. The first-order valence-corrected chi connectivity index (χ1v) is 11.6. The lowest BCUT2D eigenvalue weighted by Gasteiger charge is -2.13. The Morgan fingerprint density at radius 1 is 1.12 bits per heavy atom. The number of halogens is 2. The van der Waals surface area contributed by atoms with E-state index in [0.29, 0.717) is 41.3 Å². The standard InChI is InChI=1S/C24H28ClFN4O2S/c1-4-31-21-10-9-17(14-22(21)32-5-2)11-12-27-24(33)28-23-13-16(3)30(29-23)15-18-19(25)7-6-8-20(18)26/h6-10,13-14H,4-5,11-12,15H2,1-3H3,(H2,27,28,29,33). The second-order valence-electron chi connectivity index (χ2n) is 7.31. The second-order valence-corrected chi connectivity index (χ2v) is 8.12. The van der Waals surface area contributed by atoms with Crippen molar-refractivity contribution in [3.63, 3.8) is 0 Å². The third-order valence-corrected chi connectivity index (χ3v) is 5.50. The maximum atomic E-state index is 14.1. The van der Waals surface area contributed by atoms with Gasteiger partial charge in [-0.3, -0.25) is 4.68 Å². The number of nitrogens with one attached hydrogen (secondary N) is 2. The molecule has 0 bridgehead atoms. The van der Waals surface area contributed by atoms with Gasteiger partial charge in [-0.25, -0.2) is 4.39 Å². The van der Waals surface area contributed by atoms with Gasteiger partial charge in [0, 0.05) is 28.9 Å². The maximum Gasteiger partial charge on any atom is 0.172 e. The minimum absolute atomic E-state index is 0.235. The van der Waals surface area contributed by atoms with Gasteiger partial charge in [-0.05, 0) is 69.2 Å². The average molecular weight is 491 g/mol. The fourth-order valence-electron chi connectivity index (χ4n) is 3.30. The van der Waals surface area contributed by atoms with Crippen molar-refractivity contribution >= 4 is 34.7 Å². The monoisotopic (exact) mass is 490 g/mol. The van der Waals surface area contributed by atoms with Crippen molar-refractivity contribution in [1.82, 2.24) is 15.1 Å². The van der Waals surface area contributed by atoms with Crippen LogP contribution in [0.4, 0.5) is 10.2 Å². The molecule has 1 aromatic heterocycles. The number of aromatic nitrogens is 2. The van der Waals surface area contributed by atoms with Crippen LogP contribution in [-0.2, 0) is 13.0 Å². The highest BCUT2D eigenvalue weighted by molar-refractivity contribution is 7.80. The van der Waals surface area contributed by atoms with Crippen molar-refractivity contribution in [2.45, 2.75) is 33.7 Å². The lowest BCUT2D eigenvalue weighted by atomic mass is 10.1. The average Bonchev–Trinajstić information content (AvgIpc) is 3.11. The van der Waals surface area contributed by atoms with Crippen molar-refractivity contribution in [3.8, 4) is 11.5 Å². The first-order valence-electron chi connectivity index (χ1n) is 10.8. The van der Waals surface area contributed by atoms with Crippen LogP contribution in [0.25, 0.3) is 0 Å². The molecule has 0 atom stereocenters. The van der Waals surface area contributed by atoms with Gasteiger partial charge in [-0.1, -0.05) is 23.7 Å². The van der Waals surface area contributed by atoms with Crippen LogP contribution in [0.2, 0.25) is 5.02 Å². The Balaban J connectivity index is 1.54. The number of nitrogens with zero attached hydrogens (tertiary/aromatic N) is 2. The molecule has 0 aliphatic rings. The Morgan fingerprint density at radius 3 is 2.61 bits per heavy atom. The molecule has 0 amide bonds. The summed E-state index contributed by atoms with van der Waals surface area (Å²) in [5, 5.41) is 11.6. The number of hydrogen-bond acceptors (Lipinski definition) is 4. The molecule has 0 spiro atoms. The number of ether oxygens (including phenoxy) is 2. The van der Waals surface area contributed by atoms with E-state index in [1.165, 1.54) is 6.07 Å². The van der Waals surface area contributed by atoms with Gasteiger partial charge >= 0.3 is 0 Å². The first-order chi connectivity index (χ1) is 15.9. The third-order valence-electron chi connectivity index (χ3n) is 4.90. The molecule has 0 unspecified atom stereocenters. The van der Waals surface area contributed by atoms with Gasteiger partial charge in [0.1, 0.15) is 5.82 Å². The van der Waals surface area contributed by atoms with E-state index in [-0.39, 0.29) is 12.4 Å². The maximum absolute atomic E-state index is 14.1. The Kier molecular flexibility index (Phi) is 8.91. The molecule has 0 radical (unpaired) electrons. The molecule has 0 saturated heterocycles. The molecule has 2 aromatic carbocycles. The molecular weight excluding hydrogens is 463 g/mol. The largest absolute Gasteiger partial charge is 0.490 e. The van der Waals surface area contributed by atoms with Crippen LogP contribution in [0, 0.1) is 12.7 Å². The zero-order valence-electron chi connectivity index (χ0n) is 19.0. The summed E-state index contributed by atoms with van der Waals surface area (Å²) < 4.78 is 27.1. The molecule has 0 saturated carbocycles. The van der Waals surface area contributed by atoms with Crippen molar-refractivity contribution in [1.29, 1.82) is 0 Å². The summed E-state index contributed by atoms with van der Waals surface area (Å²) >= 11 is 11.5. The second kappa shape index (κ2) is 11.9. The van der Waals surface area contributed by atoms with Crippen LogP contribution >= 0.6 is 23.8 Å². The Morgan fingerprint density at radius 2 is 1.88 bits per heavy atom. The van der Waals surface area contributed by atoms with Crippen LogP contribution in [0.5, 0.6) is 11.5 Å². The van der Waals surface area contributed by atoms with E-state index in [2.05, 4.69) is 15.7 Å². The van der Waals surface area contributed by atoms with Gasteiger partial charge in [0.05, 0.1) is 19.8 Å². The third kappa shape index (κ3) is 6.82. The quantitative estimate of drug-likeness (QED) is 0.373. The van der Waals surface area contributed by atoms with E-state index in [1.807, 2.05) is 45.0 Å². The fraction of sp³-hybridized carbons (Fsp3) is 0.333. The number of hydrogen-bond donors (Lipinski definition) is 2. The summed E-state index contributed by atoms with van der Waals surface area (Å²) in [5.41, 5.74) is 2.37. The molecule has 0 aliphatic carbocycles. The highest BCUT2D eigenvalue weighted by Crippen LogP contribution is 2.28. The van der Waals surface area contributed by atoms with Gasteiger partial charge in [0.25, 0.3) is 0 Å². The van der Waals surface area contributed by atoms with E-state index in [0.717, 1.165) is 29.2 Å². The molecule has 1 heterocycles. The smallest absolute Gasteiger partial charge is 0.172 e. The van der Waals surface area contributed by atoms with Gasteiger partial charge in [-0.2, -0.15) is 5.10 Å². The SMILES string of the molecule is CCOc1ccc(CCNC(=S)Nc2cc(C)n(Cc3c(F)cccc3Cl)n2)cc1OCC. The van der Waals surface area contributed by atoms with Crippen molar-refractivity contribution in [2.24, 2.45) is 0 Å². The lowest BCUT2D eigenvalue weighted by molar-refractivity contribution is 0.287. The van der Waals surface area contributed by atoms with Crippen molar-refractivity contribution in [2.75, 3.05) is 25.1 Å².